The fourth-order valence-corrected chi connectivity index (χ4v) is 4.15. The highest BCUT2D eigenvalue weighted by atomic mass is 16.5. The summed E-state index contributed by atoms with van der Waals surface area (Å²) in [7, 11) is 0. The highest BCUT2D eigenvalue weighted by molar-refractivity contribution is 5.80. The van der Waals surface area contributed by atoms with E-state index in [-0.39, 0.29) is 5.92 Å². The molecule has 3 saturated heterocycles. The molecule has 3 aliphatic rings. The quantitative estimate of drug-likeness (QED) is 0.832. The van der Waals surface area contributed by atoms with Crippen molar-refractivity contribution in [2.24, 2.45) is 5.92 Å². The average molecular weight is 295 g/mol. The standard InChI is InChI=1S/C16H29N3O2/c1-12-9-18(10-13(2)21-12)11-15-4-3-7-19(15)16(20)14-5-6-17-8-14/h12-15,17H,3-11H2,1-2H3/t12-,13-,14-,15+/m1/s1. The number of rotatable bonds is 3. The maximum atomic E-state index is 12.7. The molecule has 120 valence electrons. The van der Waals surface area contributed by atoms with E-state index < -0.39 is 0 Å². The molecule has 1 amide bonds. The van der Waals surface area contributed by atoms with Crippen LogP contribution in [-0.2, 0) is 9.53 Å². The second-order valence-electron chi connectivity index (χ2n) is 6.99. The number of hydrogen-bond donors (Lipinski definition) is 1. The zero-order valence-corrected chi connectivity index (χ0v) is 13.4. The molecule has 0 aromatic carbocycles. The molecule has 0 aromatic rings. The first-order chi connectivity index (χ1) is 10.1. The Balaban J connectivity index is 1.57. The van der Waals surface area contributed by atoms with E-state index in [9.17, 15) is 4.79 Å². The molecule has 0 bridgehead atoms. The number of amides is 1. The van der Waals surface area contributed by atoms with Gasteiger partial charge in [0.25, 0.3) is 0 Å². The van der Waals surface area contributed by atoms with E-state index in [4.69, 9.17) is 4.74 Å². The summed E-state index contributed by atoms with van der Waals surface area (Å²) in [5, 5.41) is 3.31. The summed E-state index contributed by atoms with van der Waals surface area (Å²) in [6.45, 7) is 10.1. The molecule has 0 aliphatic carbocycles. The molecule has 0 aromatic heterocycles. The summed E-state index contributed by atoms with van der Waals surface area (Å²) in [4.78, 5) is 17.3. The average Bonchev–Trinajstić information content (AvgIpc) is 3.07. The first kappa shape index (κ1) is 15.3. The Bertz CT molecular complexity index is 361. The minimum Gasteiger partial charge on any atom is -0.373 e. The molecule has 21 heavy (non-hydrogen) atoms. The monoisotopic (exact) mass is 295 g/mol. The molecule has 3 rings (SSSR count). The highest BCUT2D eigenvalue weighted by Gasteiger charge is 2.36. The number of hydrogen-bond acceptors (Lipinski definition) is 4. The van der Waals surface area contributed by atoms with Gasteiger partial charge >= 0.3 is 0 Å². The molecule has 0 saturated carbocycles. The van der Waals surface area contributed by atoms with Gasteiger partial charge in [0.05, 0.1) is 18.1 Å². The molecule has 0 unspecified atom stereocenters. The number of likely N-dealkylation sites (tertiary alicyclic amines) is 1. The van der Waals surface area contributed by atoms with Gasteiger partial charge in [0, 0.05) is 38.8 Å². The fraction of sp³-hybridized carbons (Fsp3) is 0.938. The number of morpholine rings is 1. The summed E-state index contributed by atoms with van der Waals surface area (Å²) in [5.41, 5.74) is 0. The Kier molecular flexibility index (Phi) is 4.82. The molecule has 5 heteroatoms. The van der Waals surface area contributed by atoms with Gasteiger partial charge in [0.2, 0.25) is 5.91 Å². The third-order valence-corrected chi connectivity index (χ3v) is 5.03. The fourth-order valence-electron chi connectivity index (χ4n) is 4.15. The summed E-state index contributed by atoms with van der Waals surface area (Å²) in [5.74, 6) is 0.602. The molecular formula is C16H29N3O2. The van der Waals surface area contributed by atoms with Crippen molar-refractivity contribution >= 4 is 5.91 Å². The van der Waals surface area contributed by atoms with Crippen molar-refractivity contribution < 1.29 is 9.53 Å². The SMILES string of the molecule is C[C@@H]1CN(C[C@@H]2CCCN2C(=O)[C@@H]2CCNC2)C[C@@H](C)O1. The van der Waals surface area contributed by atoms with Crippen LogP contribution in [0, 0.1) is 5.92 Å². The lowest BCUT2D eigenvalue weighted by molar-refractivity contribution is -0.136. The number of carbonyl (C=O) groups is 1. The molecule has 4 atom stereocenters. The van der Waals surface area contributed by atoms with Crippen LogP contribution in [0.3, 0.4) is 0 Å². The maximum absolute atomic E-state index is 12.7. The minimum atomic E-state index is 0.216. The van der Waals surface area contributed by atoms with Crippen molar-refractivity contribution in [3.63, 3.8) is 0 Å². The predicted molar refractivity (Wildman–Crippen MR) is 82.2 cm³/mol. The zero-order valence-electron chi connectivity index (χ0n) is 13.4. The summed E-state index contributed by atoms with van der Waals surface area (Å²) in [6, 6.07) is 0.413. The van der Waals surface area contributed by atoms with Gasteiger partial charge in [0.15, 0.2) is 0 Å². The Hall–Kier alpha value is -0.650. The Morgan fingerprint density at radius 3 is 2.67 bits per heavy atom. The van der Waals surface area contributed by atoms with E-state index in [0.29, 0.717) is 24.2 Å². The molecular weight excluding hydrogens is 266 g/mol. The Morgan fingerprint density at radius 2 is 2.00 bits per heavy atom. The summed E-state index contributed by atoms with van der Waals surface area (Å²) < 4.78 is 5.81. The molecule has 3 aliphatic heterocycles. The van der Waals surface area contributed by atoms with E-state index in [1.807, 2.05) is 0 Å². The molecule has 1 N–H and O–H groups in total. The van der Waals surface area contributed by atoms with Gasteiger partial charge in [-0.05, 0) is 39.7 Å². The topological polar surface area (TPSA) is 44.8 Å². The highest BCUT2D eigenvalue weighted by Crippen LogP contribution is 2.24. The first-order valence-corrected chi connectivity index (χ1v) is 8.52. The zero-order chi connectivity index (χ0) is 14.8. The second-order valence-corrected chi connectivity index (χ2v) is 6.99. The van der Waals surface area contributed by atoms with Crippen LogP contribution >= 0.6 is 0 Å². The molecule has 0 radical (unpaired) electrons. The van der Waals surface area contributed by atoms with Gasteiger partial charge in [-0.3, -0.25) is 9.69 Å². The summed E-state index contributed by atoms with van der Waals surface area (Å²) in [6.07, 6.45) is 3.93. The molecule has 3 heterocycles. The number of nitrogens with one attached hydrogen (secondary N) is 1. The van der Waals surface area contributed by atoms with Crippen LogP contribution in [0.15, 0.2) is 0 Å². The van der Waals surface area contributed by atoms with Crippen LogP contribution < -0.4 is 5.32 Å². The normalized spacial score (nSPS) is 38.1. The number of ether oxygens (including phenoxy) is 1. The van der Waals surface area contributed by atoms with E-state index in [1.54, 1.807) is 0 Å². The van der Waals surface area contributed by atoms with Crippen molar-refractivity contribution in [2.45, 2.75) is 51.4 Å². The van der Waals surface area contributed by atoms with Gasteiger partial charge in [-0.2, -0.15) is 0 Å². The van der Waals surface area contributed by atoms with Crippen LogP contribution in [0.5, 0.6) is 0 Å². The number of carbonyl (C=O) groups excluding carboxylic acids is 1. The predicted octanol–water partition coefficient (Wildman–Crippen LogP) is 0.696. The van der Waals surface area contributed by atoms with E-state index in [0.717, 1.165) is 58.5 Å². The minimum absolute atomic E-state index is 0.216. The van der Waals surface area contributed by atoms with Crippen LogP contribution in [-0.4, -0.2) is 73.2 Å². The Labute approximate surface area is 128 Å². The van der Waals surface area contributed by atoms with Crippen LogP contribution in [0.1, 0.15) is 33.1 Å². The second kappa shape index (κ2) is 6.63. The third-order valence-electron chi connectivity index (χ3n) is 5.03. The van der Waals surface area contributed by atoms with Crippen LogP contribution in [0.25, 0.3) is 0 Å². The van der Waals surface area contributed by atoms with E-state index in [1.165, 1.54) is 0 Å². The van der Waals surface area contributed by atoms with Crippen molar-refractivity contribution in [1.82, 2.24) is 15.1 Å². The maximum Gasteiger partial charge on any atom is 0.227 e. The smallest absolute Gasteiger partial charge is 0.227 e. The van der Waals surface area contributed by atoms with Crippen molar-refractivity contribution in [3.05, 3.63) is 0 Å². The molecule has 5 nitrogen and oxygen atoms in total. The van der Waals surface area contributed by atoms with Gasteiger partial charge in [-0.15, -0.1) is 0 Å². The van der Waals surface area contributed by atoms with Gasteiger partial charge in [-0.25, -0.2) is 0 Å². The van der Waals surface area contributed by atoms with Gasteiger partial charge < -0.3 is 15.0 Å². The van der Waals surface area contributed by atoms with E-state index in [2.05, 4.69) is 29.0 Å². The lowest BCUT2D eigenvalue weighted by atomic mass is 10.1. The van der Waals surface area contributed by atoms with E-state index >= 15 is 0 Å². The first-order valence-electron chi connectivity index (χ1n) is 8.52. The summed E-state index contributed by atoms with van der Waals surface area (Å²) >= 11 is 0. The van der Waals surface area contributed by atoms with Crippen molar-refractivity contribution in [3.8, 4) is 0 Å². The number of nitrogens with zero attached hydrogens (tertiary/aromatic N) is 2. The van der Waals surface area contributed by atoms with Crippen molar-refractivity contribution in [1.29, 1.82) is 0 Å². The van der Waals surface area contributed by atoms with Gasteiger partial charge in [-0.1, -0.05) is 0 Å². The molecule has 0 spiro atoms. The lowest BCUT2D eigenvalue weighted by Gasteiger charge is -2.38. The largest absolute Gasteiger partial charge is 0.373 e. The lowest BCUT2D eigenvalue weighted by Crippen LogP contribution is -2.51. The third kappa shape index (κ3) is 3.58. The van der Waals surface area contributed by atoms with Crippen LogP contribution in [0.2, 0.25) is 0 Å². The molecule has 3 fully saturated rings. The Morgan fingerprint density at radius 1 is 1.24 bits per heavy atom. The van der Waals surface area contributed by atoms with Crippen molar-refractivity contribution in [2.75, 3.05) is 39.3 Å². The van der Waals surface area contributed by atoms with Crippen LogP contribution in [0.4, 0.5) is 0 Å². The van der Waals surface area contributed by atoms with Gasteiger partial charge in [0.1, 0.15) is 0 Å².